The summed E-state index contributed by atoms with van der Waals surface area (Å²) in [7, 11) is 0. The molecular formula is C78H152O5. The summed E-state index contributed by atoms with van der Waals surface area (Å²) in [6, 6.07) is 0. The molecule has 0 amide bonds. The van der Waals surface area contributed by atoms with Crippen molar-refractivity contribution in [3.63, 3.8) is 0 Å². The SMILES string of the molecule is CCCCCCCCCC/C=C\CCCCCCCCCCCCCCCCCCCCCCCCCCCCCC(=O)OC(CO)COC(=O)CCCCCCCCCCCCCCCCCCCCCCCCCCCCCCCC. The van der Waals surface area contributed by atoms with Crippen molar-refractivity contribution < 1.29 is 24.2 Å². The van der Waals surface area contributed by atoms with Crippen molar-refractivity contribution in [1.29, 1.82) is 0 Å². The number of rotatable bonds is 74. The van der Waals surface area contributed by atoms with Gasteiger partial charge in [-0.05, 0) is 38.5 Å². The number of aliphatic hydroxyl groups excluding tert-OH is 1. The van der Waals surface area contributed by atoms with Gasteiger partial charge in [0.1, 0.15) is 6.61 Å². The highest BCUT2D eigenvalue weighted by molar-refractivity contribution is 5.70. The summed E-state index contributed by atoms with van der Waals surface area (Å²) in [5.41, 5.74) is 0. The first kappa shape index (κ1) is 81.6. The summed E-state index contributed by atoms with van der Waals surface area (Å²) in [5.74, 6) is -0.558. The van der Waals surface area contributed by atoms with Gasteiger partial charge in [-0.15, -0.1) is 0 Å². The summed E-state index contributed by atoms with van der Waals surface area (Å²) < 4.78 is 10.8. The molecule has 0 aliphatic rings. The molecule has 0 aliphatic heterocycles. The minimum absolute atomic E-state index is 0.0560. The second kappa shape index (κ2) is 74.9. The summed E-state index contributed by atoms with van der Waals surface area (Å²) in [6.07, 6.45) is 97.3. The smallest absolute Gasteiger partial charge is 0.306 e. The predicted octanol–water partition coefficient (Wildman–Crippen LogP) is 26.9. The largest absolute Gasteiger partial charge is 0.462 e. The van der Waals surface area contributed by atoms with E-state index < -0.39 is 6.10 Å². The first-order chi connectivity index (χ1) is 41.1. The van der Waals surface area contributed by atoms with E-state index in [0.717, 1.165) is 32.1 Å². The van der Waals surface area contributed by atoms with Crippen LogP contribution in [-0.2, 0) is 19.1 Å². The number of aliphatic hydroxyl groups is 1. The van der Waals surface area contributed by atoms with E-state index in [2.05, 4.69) is 26.0 Å². The normalized spacial score (nSPS) is 12.1. The number of esters is 2. The highest BCUT2D eigenvalue weighted by Gasteiger charge is 2.16. The summed E-state index contributed by atoms with van der Waals surface area (Å²) in [4.78, 5) is 24.7. The van der Waals surface area contributed by atoms with Crippen LogP contribution in [0.2, 0.25) is 0 Å². The number of carbonyl (C=O) groups is 2. The number of allylic oxidation sites excluding steroid dienone is 2. The van der Waals surface area contributed by atoms with E-state index in [9.17, 15) is 14.7 Å². The lowest BCUT2D eigenvalue weighted by molar-refractivity contribution is -0.161. The second-order valence-corrected chi connectivity index (χ2v) is 26.8. The topological polar surface area (TPSA) is 72.8 Å². The van der Waals surface area contributed by atoms with Gasteiger partial charge in [0.25, 0.3) is 0 Å². The van der Waals surface area contributed by atoms with Crippen LogP contribution in [0.25, 0.3) is 0 Å². The third-order valence-electron chi connectivity index (χ3n) is 18.3. The molecule has 1 atom stereocenters. The fourth-order valence-electron chi connectivity index (χ4n) is 12.5. The Labute approximate surface area is 521 Å². The van der Waals surface area contributed by atoms with Crippen LogP contribution >= 0.6 is 0 Å². The van der Waals surface area contributed by atoms with Gasteiger partial charge in [0.05, 0.1) is 6.61 Å². The highest BCUT2D eigenvalue weighted by atomic mass is 16.6. The molecule has 0 rings (SSSR count). The molecule has 83 heavy (non-hydrogen) atoms. The maximum atomic E-state index is 12.4. The van der Waals surface area contributed by atoms with Crippen LogP contribution in [0.5, 0.6) is 0 Å². The van der Waals surface area contributed by atoms with Crippen LogP contribution in [0.1, 0.15) is 457 Å². The minimum atomic E-state index is -0.767. The standard InChI is InChI=1S/C78H152O5/c1-3-5-7-9-11-13-15-17-19-21-23-25-27-29-31-33-35-36-37-38-39-40-41-42-43-45-47-49-51-53-55-57-59-61-63-65-67-69-71-73-78(81)83-76(74-79)75-82-77(80)72-70-68-66-64-62-60-58-56-54-52-50-48-46-44-34-32-30-28-26-24-22-20-18-16-14-12-10-8-6-4-2/h21,23,76,79H,3-20,22,24-75H2,1-2H3/b23-21-. The number of hydrogen-bond acceptors (Lipinski definition) is 5. The molecule has 1 unspecified atom stereocenters. The molecule has 0 spiro atoms. The fourth-order valence-corrected chi connectivity index (χ4v) is 12.5. The van der Waals surface area contributed by atoms with Crippen molar-refractivity contribution in [2.24, 2.45) is 0 Å². The number of carbonyl (C=O) groups excluding carboxylic acids is 2. The Morgan fingerprint density at radius 2 is 0.446 bits per heavy atom. The fraction of sp³-hybridized carbons (Fsp3) is 0.949. The van der Waals surface area contributed by atoms with E-state index in [1.807, 2.05) is 0 Å². The van der Waals surface area contributed by atoms with Gasteiger partial charge in [-0.25, -0.2) is 0 Å². The zero-order valence-electron chi connectivity index (χ0n) is 57.0. The lowest BCUT2D eigenvalue weighted by atomic mass is 10.0. The molecule has 0 aliphatic carbocycles. The molecule has 0 heterocycles. The molecule has 0 aromatic heterocycles. The molecule has 0 saturated heterocycles. The zero-order chi connectivity index (χ0) is 59.8. The third kappa shape index (κ3) is 73.0. The zero-order valence-corrected chi connectivity index (χ0v) is 57.0. The van der Waals surface area contributed by atoms with Crippen LogP contribution < -0.4 is 0 Å². The monoisotopic (exact) mass is 1170 g/mol. The van der Waals surface area contributed by atoms with E-state index >= 15 is 0 Å². The van der Waals surface area contributed by atoms with Crippen LogP contribution in [-0.4, -0.2) is 36.4 Å². The molecule has 5 heteroatoms. The molecule has 0 fully saturated rings. The molecule has 0 saturated carbocycles. The van der Waals surface area contributed by atoms with Gasteiger partial charge in [0.2, 0.25) is 0 Å². The Bertz CT molecular complexity index is 1230. The minimum Gasteiger partial charge on any atom is -0.462 e. The number of ether oxygens (including phenoxy) is 2. The van der Waals surface area contributed by atoms with Crippen molar-refractivity contribution in [3.8, 4) is 0 Å². The van der Waals surface area contributed by atoms with Gasteiger partial charge < -0.3 is 14.6 Å². The van der Waals surface area contributed by atoms with E-state index in [1.54, 1.807) is 0 Å². The van der Waals surface area contributed by atoms with E-state index in [0.29, 0.717) is 12.8 Å². The lowest BCUT2D eigenvalue weighted by Crippen LogP contribution is -2.28. The van der Waals surface area contributed by atoms with Crippen molar-refractivity contribution in [1.82, 2.24) is 0 Å². The van der Waals surface area contributed by atoms with E-state index in [4.69, 9.17) is 9.47 Å². The second-order valence-electron chi connectivity index (χ2n) is 26.8. The number of hydrogen-bond donors (Lipinski definition) is 1. The van der Waals surface area contributed by atoms with Gasteiger partial charge in [-0.1, -0.05) is 418 Å². The van der Waals surface area contributed by atoms with Crippen LogP contribution in [0.3, 0.4) is 0 Å². The molecule has 494 valence electrons. The van der Waals surface area contributed by atoms with Gasteiger partial charge in [0.15, 0.2) is 6.10 Å². The Morgan fingerprint density at radius 1 is 0.265 bits per heavy atom. The number of unbranched alkanes of at least 4 members (excludes halogenated alkanes) is 64. The van der Waals surface area contributed by atoms with Crippen LogP contribution in [0.15, 0.2) is 12.2 Å². The maximum absolute atomic E-state index is 12.4. The van der Waals surface area contributed by atoms with E-state index in [-0.39, 0.29) is 25.2 Å². The molecule has 1 N–H and O–H groups in total. The van der Waals surface area contributed by atoms with Crippen molar-refractivity contribution in [3.05, 3.63) is 12.2 Å². The first-order valence-corrected chi connectivity index (χ1v) is 38.7. The third-order valence-corrected chi connectivity index (χ3v) is 18.3. The van der Waals surface area contributed by atoms with Crippen LogP contribution in [0, 0.1) is 0 Å². The predicted molar refractivity (Wildman–Crippen MR) is 367 cm³/mol. The Hall–Kier alpha value is -1.36. The van der Waals surface area contributed by atoms with Gasteiger partial charge in [0, 0.05) is 12.8 Å². The maximum Gasteiger partial charge on any atom is 0.306 e. The molecule has 0 aromatic rings. The molecule has 5 nitrogen and oxygen atoms in total. The lowest BCUT2D eigenvalue weighted by Gasteiger charge is -2.15. The van der Waals surface area contributed by atoms with Gasteiger partial charge >= 0.3 is 11.9 Å². The average molecular weight is 1170 g/mol. The molecule has 0 radical (unpaired) electrons. The van der Waals surface area contributed by atoms with Crippen LogP contribution in [0.4, 0.5) is 0 Å². The quantitative estimate of drug-likeness (QED) is 0.0373. The average Bonchev–Trinajstić information content (AvgIpc) is 3.49. The van der Waals surface area contributed by atoms with Crippen molar-refractivity contribution in [2.45, 2.75) is 463 Å². The first-order valence-electron chi connectivity index (χ1n) is 38.7. The molecular weight excluding hydrogens is 1020 g/mol. The summed E-state index contributed by atoms with van der Waals surface area (Å²) in [5, 5.41) is 9.72. The highest BCUT2D eigenvalue weighted by Crippen LogP contribution is 2.20. The van der Waals surface area contributed by atoms with E-state index in [1.165, 1.54) is 398 Å². The van der Waals surface area contributed by atoms with Gasteiger partial charge in [-0.2, -0.15) is 0 Å². The van der Waals surface area contributed by atoms with Crippen molar-refractivity contribution in [2.75, 3.05) is 13.2 Å². The summed E-state index contributed by atoms with van der Waals surface area (Å²) in [6.45, 7) is 4.22. The van der Waals surface area contributed by atoms with Crippen molar-refractivity contribution >= 4 is 11.9 Å². The molecule has 0 aromatic carbocycles. The Morgan fingerprint density at radius 3 is 0.651 bits per heavy atom. The van der Waals surface area contributed by atoms with Gasteiger partial charge in [-0.3, -0.25) is 9.59 Å². The Kier molecular flexibility index (Phi) is 73.7. The molecule has 0 bridgehead atoms. The Balaban J connectivity index is 3.34. The summed E-state index contributed by atoms with van der Waals surface area (Å²) >= 11 is 0.